The van der Waals surface area contributed by atoms with Crippen molar-refractivity contribution < 1.29 is 31.7 Å². The molecule has 0 unspecified atom stereocenters. The van der Waals surface area contributed by atoms with E-state index >= 15 is 0 Å². The Kier molecular flexibility index (Phi) is 4.70. The predicted octanol–water partition coefficient (Wildman–Crippen LogP) is 4.65. The summed E-state index contributed by atoms with van der Waals surface area (Å²) in [6.45, 7) is 2.68. The summed E-state index contributed by atoms with van der Waals surface area (Å²) in [4.78, 5) is 23.4. The van der Waals surface area contributed by atoms with Gasteiger partial charge in [-0.2, -0.15) is 13.2 Å². The molecule has 0 bridgehead atoms. The van der Waals surface area contributed by atoms with E-state index < -0.39 is 11.7 Å². The lowest BCUT2D eigenvalue weighted by molar-refractivity contribution is -0.600. The van der Waals surface area contributed by atoms with Crippen molar-refractivity contribution in [3.8, 4) is 17.0 Å². The largest absolute Gasteiger partial charge is 0.422 e. The lowest BCUT2D eigenvalue weighted by atomic mass is 10.0. The Morgan fingerprint density at radius 2 is 1.70 bits per heavy atom. The minimum atomic E-state index is -4.60. The highest BCUT2D eigenvalue weighted by atomic mass is 19.4. The highest BCUT2D eigenvalue weighted by molar-refractivity contribution is 6.00. The Balaban J connectivity index is 2.16. The van der Waals surface area contributed by atoms with Crippen LogP contribution in [0.1, 0.15) is 40.1 Å². The monoisotopic (exact) mass is 374 g/mol. The van der Waals surface area contributed by atoms with Crippen LogP contribution in [0.5, 0.6) is 0 Å². The Hall–Kier alpha value is -3.22. The van der Waals surface area contributed by atoms with Gasteiger partial charge in [0.25, 0.3) is 0 Å². The van der Waals surface area contributed by atoms with E-state index in [2.05, 4.69) is 0 Å². The van der Waals surface area contributed by atoms with Gasteiger partial charge in [-0.15, -0.1) is 4.57 Å². The molecule has 0 aliphatic heterocycles. The van der Waals surface area contributed by atoms with E-state index in [-0.39, 0.29) is 28.6 Å². The van der Waals surface area contributed by atoms with Gasteiger partial charge in [0.2, 0.25) is 17.6 Å². The molecule has 7 heteroatoms. The fourth-order valence-corrected chi connectivity index (χ4v) is 2.77. The van der Waals surface area contributed by atoms with E-state index in [1.165, 1.54) is 26.1 Å². The number of Topliss-reactive ketones (excluding diaryl/α,β-unsaturated/α-hetero) is 2. The van der Waals surface area contributed by atoms with Crippen molar-refractivity contribution in [3.63, 3.8) is 0 Å². The maximum atomic E-state index is 13.4. The summed E-state index contributed by atoms with van der Waals surface area (Å²) in [5.41, 5.74) is -0.111. The first kappa shape index (κ1) is 18.6. The number of carbonyl (C=O) groups excluding carboxylic acids is 2. The molecule has 0 spiro atoms. The van der Waals surface area contributed by atoms with E-state index in [9.17, 15) is 22.8 Å². The minimum absolute atomic E-state index is 0.150. The number of alkyl halides is 3. The second-order valence-electron chi connectivity index (χ2n) is 6.01. The average molecular weight is 374 g/mol. The first-order valence-corrected chi connectivity index (χ1v) is 8.01. The summed E-state index contributed by atoms with van der Waals surface area (Å²) in [5.74, 6) is -0.304. The summed E-state index contributed by atoms with van der Waals surface area (Å²) in [5, 5.41) is 0. The maximum absolute atomic E-state index is 13.4. The summed E-state index contributed by atoms with van der Waals surface area (Å²) in [6, 6.07) is 9.83. The SMILES string of the molecule is CC(=O)c1ccc(C(F)(F)F)c(-[n+]2coc(-c3ccccc3C(C)=O)c2)c1. The molecule has 1 heterocycles. The Bertz CT molecular complexity index is 1030. The van der Waals surface area contributed by atoms with Crippen molar-refractivity contribution in [3.05, 3.63) is 71.7 Å². The molecule has 4 nitrogen and oxygen atoms in total. The summed E-state index contributed by atoms with van der Waals surface area (Å²) < 4.78 is 46.8. The zero-order valence-electron chi connectivity index (χ0n) is 14.5. The zero-order chi connectivity index (χ0) is 19.8. The molecule has 3 aromatic rings. The zero-order valence-corrected chi connectivity index (χ0v) is 14.5. The number of rotatable bonds is 4. The molecule has 0 amide bonds. The predicted molar refractivity (Wildman–Crippen MR) is 90.7 cm³/mol. The molecule has 1 aromatic heterocycles. The van der Waals surface area contributed by atoms with Gasteiger partial charge in [0.1, 0.15) is 5.56 Å². The molecule has 0 aliphatic rings. The van der Waals surface area contributed by atoms with Gasteiger partial charge >= 0.3 is 12.6 Å². The van der Waals surface area contributed by atoms with E-state index in [0.717, 1.165) is 23.1 Å². The highest BCUT2D eigenvalue weighted by Crippen LogP contribution is 2.33. The molecule has 27 heavy (non-hydrogen) atoms. The second-order valence-corrected chi connectivity index (χ2v) is 6.01. The van der Waals surface area contributed by atoms with Gasteiger partial charge in [0.05, 0.1) is 0 Å². The van der Waals surface area contributed by atoms with Crippen LogP contribution in [0.15, 0.2) is 59.5 Å². The van der Waals surface area contributed by atoms with Crippen LogP contribution in [-0.2, 0) is 6.18 Å². The molecule has 0 aliphatic carbocycles. The van der Waals surface area contributed by atoms with Crippen molar-refractivity contribution >= 4 is 11.6 Å². The quantitative estimate of drug-likeness (QED) is 0.494. The molecule has 138 valence electrons. The Labute approximate surface area is 152 Å². The third kappa shape index (κ3) is 3.67. The van der Waals surface area contributed by atoms with Crippen LogP contribution in [0.2, 0.25) is 0 Å². The van der Waals surface area contributed by atoms with Crippen LogP contribution < -0.4 is 4.57 Å². The topological polar surface area (TPSA) is 51.2 Å². The molecule has 0 N–H and O–H groups in total. The van der Waals surface area contributed by atoms with E-state index in [0.29, 0.717) is 11.1 Å². The Morgan fingerprint density at radius 3 is 2.33 bits per heavy atom. The second kappa shape index (κ2) is 6.83. The van der Waals surface area contributed by atoms with Crippen LogP contribution in [0.4, 0.5) is 13.2 Å². The number of nitrogens with zero attached hydrogens (tertiary/aromatic N) is 1. The molecule has 3 rings (SSSR count). The van der Waals surface area contributed by atoms with Crippen LogP contribution in [0.25, 0.3) is 17.0 Å². The van der Waals surface area contributed by atoms with Gasteiger partial charge in [-0.1, -0.05) is 30.3 Å². The van der Waals surface area contributed by atoms with Gasteiger partial charge in [-0.25, -0.2) is 0 Å². The van der Waals surface area contributed by atoms with Crippen LogP contribution in [0.3, 0.4) is 0 Å². The molecule has 0 radical (unpaired) electrons. The van der Waals surface area contributed by atoms with Crippen molar-refractivity contribution in [1.29, 1.82) is 0 Å². The summed E-state index contributed by atoms with van der Waals surface area (Å²) >= 11 is 0. The van der Waals surface area contributed by atoms with Gasteiger partial charge < -0.3 is 4.42 Å². The van der Waals surface area contributed by atoms with E-state index in [4.69, 9.17) is 4.42 Å². The molecular weight excluding hydrogens is 359 g/mol. The lowest BCUT2D eigenvalue weighted by Gasteiger charge is -2.08. The number of oxazole rings is 1. The standard InChI is InChI=1S/C20H15F3NO3/c1-12(25)14-7-8-17(20(21,22)23)18(9-14)24-10-19(27-11-24)16-6-4-3-5-15(16)13(2)26/h3-11H,1-2H3/q+1. The minimum Gasteiger partial charge on any atom is -0.403 e. The number of carbonyl (C=O) groups is 2. The third-order valence-electron chi connectivity index (χ3n) is 4.11. The molecule has 0 atom stereocenters. The third-order valence-corrected chi connectivity index (χ3v) is 4.11. The van der Waals surface area contributed by atoms with Crippen molar-refractivity contribution in [2.24, 2.45) is 0 Å². The number of hydrogen-bond donors (Lipinski definition) is 0. The van der Waals surface area contributed by atoms with Crippen molar-refractivity contribution in [2.75, 3.05) is 0 Å². The smallest absolute Gasteiger partial charge is 0.403 e. The number of aromatic nitrogens is 1. The Morgan fingerprint density at radius 1 is 1.00 bits per heavy atom. The van der Waals surface area contributed by atoms with Crippen LogP contribution >= 0.6 is 0 Å². The first-order chi connectivity index (χ1) is 12.7. The van der Waals surface area contributed by atoms with Gasteiger partial charge in [-0.05, 0) is 19.9 Å². The number of ketones is 2. The average Bonchev–Trinajstić information content (AvgIpc) is 3.10. The number of benzene rings is 2. The molecule has 2 aromatic carbocycles. The molecular formula is C20H15F3NO3+. The summed E-state index contributed by atoms with van der Waals surface area (Å²) in [6.07, 6.45) is -2.14. The lowest BCUT2D eigenvalue weighted by Crippen LogP contribution is -2.31. The number of hydrogen-bond acceptors (Lipinski definition) is 3. The van der Waals surface area contributed by atoms with Crippen molar-refractivity contribution in [1.82, 2.24) is 0 Å². The van der Waals surface area contributed by atoms with Gasteiger partial charge in [-0.3, -0.25) is 9.59 Å². The van der Waals surface area contributed by atoms with Gasteiger partial charge in [0, 0.05) is 22.8 Å². The molecule has 0 fully saturated rings. The van der Waals surface area contributed by atoms with Crippen LogP contribution in [-0.4, -0.2) is 11.6 Å². The molecule has 0 saturated heterocycles. The van der Waals surface area contributed by atoms with E-state index in [1.54, 1.807) is 24.3 Å². The maximum Gasteiger partial charge on any atom is 0.422 e. The molecule has 0 saturated carbocycles. The van der Waals surface area contributed by atoms with Crippen LogP contribution in [0, 0.1) is 0 Å². The van der Waals surface area contributed by atoms with E-state index in [1.807, 2.05) is 0 Å². The summed E-state index contributed by atoms with van der Waals surface area (Å²) in [7, 11) is 0. The number of halogens is 3. The van der Waals surface area contributed by atoms with Gasteiger partial charge in [0.15, 0.2) is 11.6 Å². The highest BCUT2D eigenvalue weighted by Gasteiger charge is 2.38. The normalized spacial score (nSPS) is 11.4. The first-order valence-electron chi connectivity index (χ1n) is 8.01. The fraction of sp³-hybridized carbons (Fsp3) is 0.150. The fourth-order valence-electron chi connectivity index (χ4n) is 2.77. The van der Waals surface area contributed by atoms with Crippen molar-refractivity contribution in [2.45, 2.75) is 20.0 Å².